The molecular weight excluding hydrogens is 420 g/mol. The summed E-state index contributed by atoms with van der Waals surface area (Å²) in [7, 11) is 0.00740. The fraction of sp³-hybridized carbons (Fsp3) is 0.167. The lowest BCUT2D eigenvalue weighted by molar-refractivity contribution is 0.102. The van der Waals surface area contributed by atoms with E-state index in [1.165, 1.54) is 12.3 Å². The maximum absolute atomic E-state index is 13.0. The number of hydrogen-bond acceptors (Lipinski definition) is 5. The topological polar surface area (TPSA) is 104 Å². The molecule has 7 nitrogen and oxygen atoms in total. The molecule has 2 N–H and O–H groups in total. The van der Waals surface area contributed by atoms with Crippen LogP contribution in [0.4, 0.5) is 11.5 Å². The minimum Gasteiger partial charge on any atom is -0.497 e. The second-order valence-electron chi connectivity index (χ2n) is 8.19. The number of carbonyl (C=O) groups excluding carboxylic acids is 2. The Morgan fingerprint density at radius 2 is 1.69 bits per heavy atom. The molecule has 2 amide bonds. The lowest BCUT2D eigenvalue weighted by Gasteiger charge is -2.16. The van der Waals surface area contributed by atoms with Gasteiger partial charge in [0.25, 0.3) is 11.8 Å². The number of nitriles is 1. The highest BCUT2D eigenvalue weighted by Crippen LogP contribution is 2.24. The van der Waals surface area contributed by atoms with Gasteiger partial charge in [-0.3, -0.25) is 9.59 Å². The highest BCUT2D eigenvalue weighted by atomic mass is 28.3. The normalized spacial score (nSPS) is 10.7. The maximum atomic E-state index is 13.0. The SMILES string of the molecule is COc1ccc(NC(=O)c2ccc(C#N)cc2)c(C(=O)Nc2ccc([Si](C)(C)C)cn2)c1. The van der Waals surface area contributed by atoms with Crippen LogP contribution in [0.3, 0.4) is 0 Å². The van der Waals surface area contributed by atoms with E-state index in [0.717, 1.165) is 0 Å². The number of methoxy groups -OCH3 is 1. The molecule has 1 heterocycles. The molecule has 0 aliphatic rings. The molecular formula is C24H24N4O3Si. The van der Waals surface area contributed by atoms with E-state index in [0.29, 0.717) is 28.4 Å². The first-order valence-electron chi connectivity index (χ1n) is 9.98. The van der Waals surface area contributed by atoms with Gasteiger partial charge in [-0.05, 0) is 53.7 Å². The van der Waals surface area contributed by atoms with E-state index in [1.54, 1.807) is 54.7 Å². The summed E-state index contributed by atoms with van der Waals surface area (Å²) < 4.78 is 5.24. The van der Waals surface area contributed by atoms with Crippen LogP contribution in [-0.2, 0) is 0 Å². The molecule has 32 heavy (non-hydrogen) atoms. The van der Waals surface area contributed by atoms with Crippen molar-refractivity contribution in [3.8, 4) is 11.8 Å². The summed E-state index contributed by atoms with van der Waals surface area (Å²) in [4.78, 5) is 30.0. The largest absolute Gasteiger partial charge is 0.497 e. The Bertz CT molecular complexity index is 1180. The van der Waals surface area contributed by atoms with E-state index in [4.69, 9.17) is 10.00 Å². The predicted molar refractivity (Wildman–Crippen MR) is 127 cm³/mol. The van der Waals surface area contributed by atoms with Gasteiger partial charge in [0.2, 0.25) is 0 Å². The van der Waals surface area contributed by atoms with Crippen molar-refractivity contribution in [2.45, 2.75) is 19.6 Å². The minimum atomic E-state index is -1.50. The Morgan fingerprint density at radius 3 is 2.25 bits per heavy atom. The van der Waals surface area contributed by atoms with Crippen molar-refractivity contribution in [3.63, 3.8) is 0 Å². The first-order valence-corrected chi connectivity index (χ1v) is 13.5. The number of amides is 2. The van der Waals surface area contributed by atoms with Crippen LogP contribution >= 0.6 is 0 Å². The summed E-state index contributed by atoms with van der Waals surface area (Å²) in [5.74, 6) is 0.0800. The lowest BCUT2D eigenvalue weighted by Crippen LogP contribution is -2.37. The Kier molecular flexibility index (Phi) is 6.71. The number of carbonyl (C=O) groups is 2. The summed E-state index contributed by atoms with van der Waals surface area (Å²) in [6.45, 7) is 6.67. The highest BCUT2D eigenvalue weighted by molar-refractivity contribution is 6.88. The second-order valence-corrected chi connectivity index (χ2v) is 13.3. The molecule has 0 unspecified atom stereocenters. The van der Waals surface area contributed by atoms with Crippen LogP contribution in [0.5, 0.6) is 5.75 Å². The van der Waals surface area contributed by atoms with Gasteiger partial charge in [0, 0.05) is 11.8 Å². The van der Waals surface area contributed by atoms with Crippen molar-refractivity contribution >= 4 is 36.6 Å². The summed E-state index contributed by atoms with van der Waals surface area (Å²) in [6, 6.07) is 16.8. The average Bonchev–Trinajstić information content (AvgIpc) is 2.79. The van der Waals surface area contributed by atoms with Crippen LogP contribution in [0, 0.1) is 11.3 Å². The monoisotopic (exact) mass is 444 g/mol. The van der Waals surface area contributed by atoms with Gasteiger partial charge in [-0.25, -0.2) is 4.98 Å². The summed E-state index contributed by atoms with van der Waals surface area (Å²) in [5.41, 5.74) is 1.40. The summed E-state index contributed by atoms with van der Waals surface area (Å²) >= 11 is 0. The van der Waals surface area contributed by atoms with E-state index >= 15 is 0 Å². The van der Waals surface area contributed by atoms with Crippen molar-refractivity contribution < 1.29 is 14.3 Å². The Balaban J connectivity index is 1.84. The van der Waals surface area contributed by atoms with Crippen molar-refractivity contribution in [2.24, 2.45) is 0 Å². The van der Waals surface area contributed by atoms with E-state index < -0.39 is 19.9 Å². The molecule has 3 rings (SSSR count). The molecule has 0 atom stereocenters. The minimum absolute atomic E-state index is 0.238. The van der Waals surface area contributed by atoms with E-state index in [9.17, 15) is 9.59 Å². The van der Waals surface area contributed by atoms with Gasteiger partial charge >= 0.3 is 0 Å². The number of rotatable bonds is 6. The third-order valence-corrected chi connectivity index (χ3v) is 6.89. The molecule has 0 aliphatic heterocycles. The van der Waals surface area contributed by atoms with Gasteiger partial charge in [-0.15, -0.1) is 0 Å². The van der Waals surface area contributed by atoms with Crippen molar-refractivity contribution in [1.29, 1.82) is 5.26 Å². The van der Waals surface area contributed by atoms with Crippen LogP contribution in [0.2, 0.25) is 19.6 Å². The van der Waals surface area contributed by atoms with Crippen LogP contribution < -0.4 is 20.6 Å². The quantitative estimate of drug-likeness (QED) is 0.559. The number of ether oxygens (including phenoxy) is 1. The molecule has 0 saturated carbocycles. The van der Waals surface area contributed by atoms with E-state index in [1.807, 2.05) is 12.1 Å². The third kappa shape index (κ3) is 5.39. The number of benzene rings is 2. The van der Waals surface area contributed by atoms with Crippen molar-refractivity contribution in [1.82, 2.24) is 4.98 Å². The Hall–Kier alpha value is -3.96. The van der Waals surface area contributed by atoms with Crippen LogP contribution in [-0.4, -0.2) is 32.0 Å². The summed E-state index contributed by atoms with van der Waals surface area (Å²) in [6.07, 6.45) is 1.79. The fourth-order valence-corrected chi connectivity index (χ4v) is 3.97. The zero-order chi connectivity index (χ0) is 23.3. The molecule has 162 valence electrons. The standard InChI is InChI=1S/C24H24N4O3Si/c1-31-18-9-11-21(27-23(29)17-7-5-16(14-25)6-8-17)20(13-18)24(30)28-22-12-10-19(15-26-22)32(2,3)4/h5-13,15H,1-4H3,(H,27,29)(H,26,28,30). The first-order chi connectivity index (χ1) is 15.2. The average molecular weight is 445 g/mol. The molecule has 0 spiro atoms. The lowest BCUT2D eigenvalue weighted by atomic mass is 10.1. The zero-order valence-electron chi connectivity index (χ0n) is 18.4. The number of hydrogen-bond donors (Lipinski definition) is 2. The third-order valence-electron chi connectivity index (χ3n) is 4.87. The predicted octanol–water partition coefficient (Wildman–Crippen LogP) is 4.01. The number of aromatic nitrogens is 1. The van der Waals surface area contributed by atoms with Crippen molar-refractivity contribution in [3.05, 3.63) is 77.5 Å². The Labute approximate surface area is 188 Å². The van der Waals surface area contributed by atoms with Gasteiger partial charge in [0.1, 0.15) is 11.6 Å². The summed E-state index contributed by atoms with van der Waals surface area (Å²) in [5, 5.41) is 15.6. The fourth-order valence-electron chi connectivity index (χ4n) is 2.93. The van der Waals surface area contributed by atoms with Gasteiger partial charge in [-0.2, -0.15) is 5.26 Å². The number of anilines is 2. The van der Waals surface area contributed by atoms with E-state index in [2.05, 4.69) is 35.3 Å². The molecule has 1 aromatic heterocycles. The number of nitrogens with one attached hydrogen (secondary N) is 2. The molecule has 0 bridgehead atoms. The van der Waals surface area contributed by atoms with Gasteiger partial charge in [0.15, 0.2) is 0 Å². The second kappa shape index (κ2) is 9.45. The van der Waals surface area contributed by atoms with Crippen LogP contribution in [0.15, 0.2) is 60.8 Å². The van der Waals surface area contributed by atoms with Gasteiger partial charge in [0.05, 0.1) is 38.1 Å². The Morgan fingerprint density at radius 1 is 0.969 bits per heavy atom. The molecule has 0 radical (unpaired) electrons. The number of pyridine rings is 1. The number of nitrogens with zero attached hydrogens (tertiary/aromatic N) is 2. The molecule has 0 fully saturated rings. The van der Waals surface area contributed by atoms with Gasteiger partial charge < -0.3 is 15.4 Å². The van der Waals surface area contributed by atoms with Crippen molar-refractivity contribution in [2.75, 3.05) is 17.7 Å². The van der Waals surface area contributed by atoms with Crippen LogP contribution in [0.25, 0.3) is 0 Å². The molecule has 2 aromatic carbocycles. The van der Waals surface area contributed by atoms with Crippen LogP contribution in [0.1, 0.15) is 26.3 Å². The highest BCUT2D eigenvalue weighted by Gasteiger charge is 2.19. The molecule has 3 aromatic rings. The first kappa shape index (κ1) is 22.7. The smallest absolute Gasteiger partial charge is 0.259 e. The molecule has 8 heteroatoms. The molecule has 0 aliphatic carbocycles. The zero-order valence-corrected chi connectivity index (χ0v) is 19.4. The maximum Gasteiger partial charge on any atom is 0.259 e. The van der Waals surface area contributed by atoms with E-state index in [-0.39, 0.29) is 5.56 Å². The molecule has 0 saturated heterocycles. The van der Waals surface area contributed by atoms with Gasteiger partial charge in [-0.1, -0.05) is 25.7 Å².